The Morgan fingerprint density at radius 2 is 2.07 bits per heavy atom. The number of rotatable bonds is 6. The number of ether oxygens (including phenoxy) is 1. The Morgan fingerprint density at radius 1 is 1.26 bits per heavy atom. The van der Waals surface area contributed by atoms with E-state index < -0.39 is 18.6 Å². The maximum Gasteiger partial charge on any atom is 0.408 e. The van der Waals surface area contributed by atoms with E-state index in [0.717, 1.165) is 12.4 Å². The highest BCUT2D eigenvalue weighted by molar-refractivity contribution is 6.30. The molecule has 0 unspecified atom stereocenters. The van der Waals surface area contributed by atoms with E-state index in [2.05, 4.69) is 15.5 Å². The van der Waals surface area contributed by atoms with Crippen LogP contribution in [-0.4, -0.2) is 31.6 Å². The summed E-state index contributed by atoms with van der Waals surface area (Å²) in [6.45, 7) is -1.19. The second-order valence-electron chi connectivity index (χ2n) is 5.47. The van der Waals surface area contributed by atoms with E-state index in [1.54, 1.807) is 24.3 Å². The Hall–Kier alpha value is -3.01. The lowest BCUT2D eigenvalue weighted by Gasteiger charge is -2.06. The minimum atomic E-state index is -4.39. The van der Waals surface area contributed by atoms with Gasteiger partial charge in [-0.05, 0) is 24.3 Å². The quantitative estimate of drug-likeness (QED) is 0.687. The van der Waals surface area contributed by atoms with Crippen LogP contribution in [0.4, 0.5) is 18.9 Å². The van der Waals surface area contributed by atoms with Gasteiger partial charge < -0.3 is 10.1 Å². The third-order valence-electron chi connectivity index (χ3n) is 3.27. The second-order valence-corrected chi connectivity index (χ2v) is 5.90. The molecule has 0 spiro atoms. The van der Waals surface area contributed by atoms with Gasteiger partial charge >= 0.3 is 6.18 Å². The summed E-state index contributed by atoms with van der Waals surface area (Å²) < 4.78 is 44.5. The van der Waals surface area contributed by atoms with Crippen LogP contribution in [0, 0.1) is 0 Å². The van der Waals surface area contributed by atoms with Crippen molar-refractivity contribution in [3.05, 3.63) is 59.6 Å². The number of amides is 1. The van der Waals surface area contributed by atoms with E-state index in [1.165, 1.54) is 16.9 Å². The summed E-state index contributed by atoms with van der Waals surface area (Å²) in [5.41, 5.74) is 0.210. The molecule has 1 N–H and O–H groups in total. The maximum absolute atomic E-state index is 12.3. The molecule has 0 aliphatic rings. The summed E-state index contributed by atoms with van der Waals surface area (Å²) in [4.78, 5) is 12.1. The van der Waals surface area contributed by atoms with Crippen molar-refractivity contribution >= 4 is 23.2 Å². The zero-order valence-electron chi connectivity index (χ0n) is 13.7. The monoisotopic (exact) mass is 399 g/mol. The van der Waals surface area contributed by atoms with Crippen molar-refractivity contribution in [2.24, 2.45) is 0 Å². The zero-order valence-corrected chi connectivity index (χ0v) is 14.4. The molecule has 2 heterocycles. The van der Waals surface area contributed by atoms with E-state index in [0.29, 0.717) is 15.5 Å². The number of nitrogens with zero attached hydrogens (tertiary/aromatic N) is 4. The van der Waals surface area contributed by atoms with Crippen LogP contribution in [0.3, 0.4) is 0 Å². The fourth-order valence-electron chi connectivity index (χ4n) is 2.15. The molecule has 1 aromatic carbocycles. The predicted octanol–water partition coefficient (Wildman–Crippen LogP) is 3.58. The molecule has 0 saturated carbocycles. The molecule has 11 heteroatoms. The summed E-state index contributed by atoms with van der Waals surface area (Å²) in [6.07, 6.45) is -0.644. The van der Waals surface area contributed by atoms with E-state index in [4.69, 9.17) is 16.3 Å². The SMILES string of the molecule is O=C(Nc1cnn(CC(F)(F)F)c1)c1ccn(COc2cccc(Cl)c2)n1. The van der Waals surface area contributed by atoms with Crippen molar-refractivity contribution in [2.75, 3.05) is 5.32 Å². The standard InChI is InChI=1S/C16H13ClF3N5O2/c17-11-2-1-3-13(6-11)27-10-24-5-4-14(23-24)15(26)22-12-7-21-25(8-12)9-16(18,19)20/h1-8H,9-10H2,(H,22,26). The van der Waals surface area contributed by atoms with Crippen LogP contribution < -0.4 is 10.1 Å². The van der Waals surface area contributed by atoms with Gasteiger partial charge in [0.15, 0.2) is 12.4 Å². The first-order chi connectivity index (χ1) is 12.8. The highest BCUT2D eigenvalue weighted by Gasteiger charge is 2.28. The molecule has 0 aliphatic carbocycles. The van der Waals surface area contributed by atoms with Gasteiger partial charge in [-0.1, -0.05) is 17.7 Å². The van der Waals surface area contributed by atoms with Gasteiger partial charge in [0, 0.05) is 17.4 Å². The van der Waals surface area contributed by atoms with Gasteiger partial charge in [-0.25, -0.2) is 4.68 Å². The number of anilines is 1. The number of nitrogens with one attached hydrogen (secondary N) is 1. The number of hydrogen-bond acceptors (Lipinski definition) is 4. The minimum Gasteiger partial charge on any atom is -0.471 e. The van der Waals surface area contributed by atoms with Gasteiger partial charge in [-0.15, -0.1) is 0 Å². The van der Waals surface area contributed by atoms with Crippen LogP contribution in [0.5, 0.6) is 5.75 Å². The molecule has 0 saturated heterocycles. The normalized spacial score (nSPS) is 11.4. The first kappa shape index (κ1) is 18.8. The van der Waals surface area contributed by atoms with Crippen LogP contribution in [0.2, 0.25) is 5.02 Å². The molecule has 0 fully saturated rings. The molecule has 3 rings (SSSR count). The third kappa shape index (κ3) is 5.48. The summed E-state index contributed by atoms with van der Waals surface area (Å²) in [6, 6.07) is 8.26. The third-order valence-corrected chi connectivity index (χ3v) is 3.50. The van der Waals surface area contributed by atoms with Gasteiger partial charge in [0.05, 0.1) is 11.9 Å². The number of aromatic nitrogens is 4. The lowest BCUT2D eigenvalue weighted by atomic mass is 10.3. The number of carbonyl (C=O) groups is 1. The fraction of sp³-hybridized carbons (Fsp3) is 0.188. The van der Waals surface area contributed by atoms with E-state index in [9.17, 15) is 18.0 Å². The summed E-state index contributed by atoms with van der Waals surface area (Å²) >= 11 is 5.86. The van der Waals surface area contributed by atoms with Gasteiger partial charge in [0.2, 0.25) is 0 Å². The lowest BCUT2D eigenvalue weighted by molar-refractivity contribution is -0.142. The molecule has 2 aromatic heterocycles. The molecule has 0 bridgehead atoms. The van der Waals surface area contributed by atoms with Crippen molar-refractivity contribution in [2.45, 2.75) is 19.5 Å². The molecule has 27 heavy (non-hydrogen) atoms. The van der Waals surface area contributed by atoms with Crippen molar-refractivity contribution in [3.63, 3.8) is 0 Å². The molecule has 0 atom stereocenters. The smallest absolute Gasteiger partial charge is 0.408 e. The Balaban J connectivity index is 1.57. The number of halogens is 4. The van der Waals surface area contributed by atoms with Crippen molar-refractivity contribution in [3.8, 4) is 5.75 Å². The maximum atomic E-state index is 12.3. The van der Waals surface area contributed by atoms with Crippen molar-refractivity contribution in [1.82, 2.24) is 19.6 Å². The van der Waals surface area contributed by atoms with Crippen molar-refractivity contribution in [1.29, 1.82) is 0 Å². The Kier molecular flexibility index (Phi) is 5.36. The van der Waals surface area contributed by atoms with E-state index >= 15 is 0 Å². The predicted molar refractivity (Wildman–Crippen MR) is 90.5 cm³/mol. The Labute approximate surface area is 156 Å². The number of hydrogen-bond donors (Lipinski definition) is 1. The summed E-state index contributed by atoms with van der Waals surface area (Å²) in [7, 11) is 0. The summed E-state index contributed by atoms with van der Waals surface area (Å²) in [5, 5.41) is 10.6. The molecule has 142 valence electrons. The molecule has 0 aliphatic heterocycles. The van der Waals surface area contributed by atoms with Crippen LogP contribution >= 0.6 is 11.6 Å². The Bertz CT molecular complexity index is 938. The van der Waals surface area contributed by atoms with E-state index in [-0.39, 0.29) is 18.1 Å². The van der Waals surface area contributed by atoms with Crippen LogP contribution in [0.1, 0.15) is 10.5 Å². The lowest BCUT2D eigenvalue weighted by Crippen LogP contribution is -2.18. The molecular formula is C16H13ClF3N5O2. The van der Waals surface area contributed by atoms with Gasteiger partial charge in [-0.3, -0.25) is 9.48 Å². The molecule has 0 radical (unpaired) electrons. The largest absolute Gasteiger partial charge is 0.471 e. The highest BCUT2D eigenvalue weighted by atomic mass is 35.5. The molecule has 3 aromatic rings. The fourth-order valence-corrected chi connectivity index (χ4v) is 2.33. The second kappa shape index (κ2) is 7.70. The molecule has 1 amide bonds. The number of benzene rings is 1. The van der Waals surface area contributed by atoms with Gasteiger partial charge in [0.25, 0.3) is 5.91 Å². The topological polar surface area (TPSA) is 74.0 Å². The number of carbonyl (C=O) groups excluding carboxylic acids is 1. The van der Waals surface area contributed by atoms with Crippen LogP contribution in [-0.2, 0) is 13.3 Å². The van der Waals surface area contributed by atoms with Crippen LogP contribution in [0.15, 0.2) is 48.9 Å². The molecular weight excluding hydrogens is 387 g/mol. The Morgan fingerprint density at radius 3 is 2.81 bits per heavy atom. The minimum absolute atomic E-state index is 0.0527. The first-order valence-electron chi connectivity index (χ1n) is 7.61. The van der Waals surface area contributed by atoms with Gasteiger partial charge in [0.1, 0.15) is 12.3 Å². The van der Waals surface area contributed by atoms with Gasteiger partial charge in [-0.2, -0.15) is 23.4 Å². The average Bonchev–Trinajstić information content (AvgIpc) is 3.21. The summed E-state index contributed by atoms with van der Waals surface area (Å²) in [5.74, 6) is -0.0378. The molecule has 7 nitrogen and oxygen atoms in total. The average molecular weight is 400 g/mol. The first-order valence-corrected chi connectivity index (χ1v) is 7.99. The van der Waals surface area contributed by atoms with E-state index in [1.807, 2.05) is 0 Å². The number of alkyl halides is 3. The zero-order chi connectivity index (χ0) is 19.4. The van der Waals surface area contributed by atoms with Crippen LogP contribution in [0.25, 0.3) is 0 Å². The highest BCUT2D eigenvalue weighted by Crippen LogP contribution is 2.19. The van der Waals surface area contributed by atoms with Crippen molar-refractivity contribution < 1.29 is 22.7 Å².